The maximum Gasteiger partial charge on any atom is 0.224 e. The number of imidazole rings is 1. The standard InChI is InChI=1S/C20H19BrFN3O2/c1-13-23-9-10-25(13)18-6-5-15(12-17(18)22)24-20(26)8-4-14-3-7-19(27-2)16(21)11-14/h3,5-7,9-12H,4,8H2,1-2H3,(H,24,26). The summed E-state index contributed by atoms with van der Waals surface area (Å²) >= 11 is 3.43. The number of carbonyl (C=O) groups is 1. The normalized spacial score (nSPS) is 10.7. The summed E-state index contributed by atoms with van der Waals surface area (Å²) in [5.74, 6) is 0.837. The Morgan fingerprint density at radius 3 is 2.74 bits per heavy atom. The lowest BCUT2D eigenvalue weighted by atomic mass is 10.1. The minimum atomic E-state index is -0.423. The number of halogens is 2. The molecule has 0 aliphatic heterocycles. The molecule has 1 aromatic heterocycles. The Balaban J connectivity index is 1.62. The van der Waals surface area contributed by atoms with Crippen LogP contribution >= 0.6 is 15.9 Å². The van der Waals surface area contributed by atoms with Crippen LogP contribution < -0.4 is 10.1 Å². The molecule has 1 N–H and O–H groups in total. The third-order valence-electron chi connectivity index (χ3n) is 4.17. The molecule has 3 rings (SSSR count). The molecular weight excluding hydrogens is 413 g/mol. The Bertz CT molecular complexity index is 972. The zero-order chi connectivity index (χ0) is 19.4. The van der Waals surface area contributed by atoms with Gasteiger partial charge in [0, 0.05) is 24.5 Å². The molecule has 0 spiro atoms. The monoisotopic (exact) mass is 431 g/mol. The van der Waals surface area contributed by atoms with Gasteiger partial charge in [-0.2, -0.15) is 0 Å². The molecule has 3 aromatic rings. The van der Waals surface area contributed by atoms with Crippen molar-refractivity contribution in [3.05, 3.63) is 70.5 Å². The highest BCUT2D eigenvalue weighted by atomic mass is 79.9. The number of ether oxygens (including phenoxy) is 1. The van der Waals surface area contributed by atoms with Crippen molar-refractivity contribution in [2.75, 3.05) is 12.4 Å². The first-order chi connectivity index (χ1) is 13.0. The number of rotatable bonds is 6. The molecule has 2 aromatic carbocycles. The molecule has 27 heavy (non-hydrogen) atoms. The van der Waals surface area contributed by atoms with E-state index in [2.05, 4.69) is 26.2 Å². The average Bonchev–Trinajstić information content (AvgIpc) is 3.06. The number of aromatic nitrogens is 2. The molecule has 0 bridgehead atoms. The number of carbonyl (C=O) groups excluding carboxylic acids is 1. The number of anilines is 1. The maximum absolute atomic E-state index is 14.4. The van der Waals surface area contributed by atoms with E-state index in [0.29, 0.717) is 30.0 Å². The summed E-state index contributed by atoms with van der Waals surface area (Å²) in [4.78, 5) is 16.3. The van der Waals surface area contributed by atoms with Gasteiger partial charge >= 0.3 is 0 Å². The van der Waals surface area contributed by atoms with Gasteiger partial charge in [-0.3, -0.25) is 4.79 Å². The van der Waals surface area contributed by atoms with Crippen molar-refractivity contribution in [3.63, 3.8) is 0 Å². The summed E-state index contributed by atoms with van der Waals surface area (Å²) in [5, 5.41) is 2.74. The van der Waals surface area contributed by atoms with Crippen molar-refractivity contribution in [2.24, 2.45) is 0 Å². The Kier molecular flexibility index (Phi) is 5.91. The van der Waals surface area contributed by atoms with Crippen LogP contribution in [0.5, 0.6) is 5.75 Å². The van der Waals surface area contributed by atoms with Gasteiger partial charge in [0.05, 0.1) is 17.3 Å². The molecule has 0 atom stereocenters. The van der Waals surface area contributed by atoms with Crippen LogP contribution in [-0.4, -0.2) is 22.6 Å². The van der Waals surface area contributed by atoms with Gasteiger partial charge in [0.1, 0.15) is 17.4 Å². The summed E-state index contributed by atoms with van der Waals surface area (Å²) in [6, 6.07) is 10.3. The highest BCUT2D eigenvalue weighted by molar-refractivity contribution is 9.10. The minimum absolute atomic E-state index is 0.173. The van der Waals surface area contributed by atoms with Crippen molar-refractivity contribution in [1.82, 2.24) is 9.55 Å². The van der Waals surface area contributed by atoms with Crippen LogP contribution in [0.25, 0.3) is 5.69 Å². The second kappa shape index (κ2) is 8.35. The number of hydrogen-bond donors (Lipinski definition) is 1. The number of benzene rings is 2. The average molecular weight is 432 g/mol. The van der Waals surface area contributed by atoms with Gasteiger partial charge in [0.25, 0.3) is 0 Å². The summed E-state index contributed by atoms with van der Waals surface area (Å²) in [6.07, 6.45) is 4.17. The third kappa shape index (κ3) is 4.54. The lowest BCUT2D eigenvalue weighted by molar-refractivity contribution is -0.116. The first kappa shape index (κ1) is 19.1. The van der Waals surface area contributed by atoms with Gasteiger partial charge in [-0.15, -0.1) is 0 Å². The Hall–Kier alpha value is -2.67. The highest BCUT2D eigenvalue weighted by Crippen LogP contribution is 2.26. The molecule has 5 nitrogen and oxygen atoms in total. The zero-order valence-electron chi connectivity index (χ0n) is 15.0. The van der Waals surface area contributed by atoms with Crippen molar-refractivity contribution in [1.29, 1.82) is 0 Å². The van der Waals surface area contributed by atoms with Crippen LogP contribution in [0.2, 0.25) is 0 Å². The largest absolute Gasteiger partial charge is 0.496 e. The number of nitrogens with zero attached hydrogens (tertiary/aromatic N) is 2. The van der Waals surface area contributed by atoms with E-state index in [0.717, 1.165) is 15.8 Å². The van der Waals surface area contributed by atoms with Crippen LogP contribution in [0.15, 0.2) is 53.3 Å². The molecule has 1 heterocycles. The van der Waals surface area contributed by atoms with E-state index in [4.69, 9.17) is 4.74 Å². The van der Waals surface area contributed by atoms with E-state index in [1.165, 1.54) is 6.07 Å². The predicted molar refractivity (Wildman–Crippen MR) is 106 cm³/mol. The Morgan fingerprint density at radius 2 is 2.11 bits per heavy atom. The molecule has 0 saturated heterocycles. The maximum atomic E-state index is 14.4. The van der Waals surface area contributed by atoms with E-state index in [9.17, 15) is 9.18 Å². The topological polar surface area (TPSA) is 56.1 Å². The first-order valence-electron chi connectivity index (χ1n) is 8.40. The molecule has 0 fully saturated rings. The summed E-state index contributed by atoms with van der Waals surface area (Å²) in [7, 11) is 1.60. The molecule has 0 aliphatic rings. The van der Waals surface area contributed by atoms with E-state index < -0.39 is 5.82 Å². The van der Waals surface area contributed by atoms with Crippen LogP contribution in [0.4, 0.5) is 10.1 Å². The fourth-order valence-electron chi connectivity index (χ4n) is 2.76. The van der Waals surface area contributed by atoms with Crippen LogP contribution in [0, 0.1) is 12.7 Å². The SMILES string of the molecule is COc1ccc(CCC(=O)Nc2ccc(-n3ccnc3C)c(F)c2)cc1Br. The predicted octanol–water partition coefficient (Wildman–Crippen LogP) is 4.66. The molecule has 0 aliphatic carbocycles. The van der Waals surface area contributed by atoms with Gasteiger partial charge in [0.15, 0.2) is 0 Å². The van der Waals surface area contributed by atoms with Crippen LogP contribution in [0.1, 0.15) is 17.8 Å². The van der Waals surface area contributed by atoms with Crippen molar-refractivity contribution >= 4 is 27.5 Å². The van der Waals surface area contributed by atoms with Gasteiger partial charge in [-0.1, -0.05) is 6.07 Å². The highest BCUT2D eigenvalue weighted by Gasteiger charge is 2.10. The molecule has 0 saturated carbocycles. The summed E-state index contributed by atoms with van der Waals surface area (Å²) < 4.78 is 22.1. The lowest BCUT2D eigenvalue weighted by Crippen LogP contribution is -2.13. The van der Waals surface area contributed by atoms with Gasteiger partial charge in [-0.05, 0) is 65.2 Å². The molecule has 0 radical (unpaired) electrons. The fourth-order valence-corrected chi connectivity index (χ4v) is 3.35. The summed E-state index contributed by atoms with van der Waals surface area (Å²) in [5.41, 5.74) is 1.83. The third-order valence-corrected chi connectivity index (χ3v) is 4.79. The van der Waals surface area contributed by atoms with Gasteiger partial charge in [-0.25, -0.2) is 9.37 Å². The zero-order valence-corrected chi connectivity index (χ0v) is 16.6. The second-order valence-corrected chi connectivity index (χ2v) is 6.88. The fraction of sp³-hybridized carbons (Fsp3) is 0.200. The Labute approximate surface area is 165 Å². The van der Waals surface area contributed by atoms with E-state index >= 15 is 0 Å². The summed E-state index contributed by atoms with van der Waals surface area (Å²) in [6.45, 7) is 1.80. The van der Waals surface area contributed by atoms with Gasteiger partial charge in [0.2, 0.25) is 5.91 Å². The number of hydrogen-bond acceptors (Lipinski definition) is 3. The number of amides is 1. The quantitative estimate of drug-likeness (QED) is 0.617. The minimum Gasteiger partial charge on any atom is -0.496 e. The lowest BCUT2D eigenvalue weighted by Gasteiger charge is -2.10. The van der Waals surface area contributed by atoms with E-state index in [1.54, 1.807) is 43.1 Å². The smallest absolute Gasteiger partial charge is 0.224 e. The van der Waals surface area contributed by atoms with E-state index in [1.807, 2.05) is 18.2 Å². The second-order valence-electron chi connectivity index (χ2n) is 6.03. The van der Waals surface area contributed by atoms with Crippen molar-refractivity contribution < 1.29 is 13.9 Å². The number of nitrogens with one attached hydrogen (secondary N) is 1. The molecule has 0 unspecified atom stereocenters. The van der Waals surface area contributed by atoms with Crippen molar-refractivity contribution in [3.8, 4) is 11.4 Å². The Morgan fingerprint density at radius 1 is 1.30 bits per heavy atom. The molecule has 7 heteroatoms. The first-order valence-corrected chi connectivity index (χ1v) is 9.19. The molecular formula is C20H19BrFN3O2. The van der Waals surface area contributed by atoms with Crippen LogP contribution in [-0.2, 0) is 11.2 Å². The van der Waals surface area contributed by atoms with Crippen LogP contribution in [0.3, 0.4) is 0 Å². The molecule has 140 valence electrons. The molecule has 1 amide bonds. The van der Waals surface area contributed by atoms with E-state index in [-0.39, 0.29) is 5.91 Å². The van der Waals surface area contributed by atoms with Gasteiger partial charge < -0.3 is 14.6 Å². The number of methoxy groups -OCH3 is 1. The number of aryl methyl sites for hydroxylation is 2. The van der Waals surface area contributed by atoms with Crippen molar-refractivity contribution in [2.45, 2.75) is 19.8 Å².